The number of hydrogen-bond acceptors (Lipinski definition) is 3. The highest BCUT2D eigenvalue weighted by atomic mass is 35.5. The highest BCUT2D eigenvalue weighted by molar-refractivity contribution is 6.31. The SMILES string of the molecule is COc1ccc(Cl)c(CN2CCC(NCC3CC3)CC2)c1.Cl. The van der Waals surface area contributed by atoms with Crippen molar-refractivity contribution >= 4 is 24.0 Å². The van der Waals surface area contributed by atoms with Gasteiger partial charge in [-0.3, -0.25) is 4.90 Å². The summed E-state index contributed by atoms with van der Waals surface area (Å²) in [6.07, 6.45) is 5.35. The van der Waals surface area contributed by atoms with E-state index in [9.17, 15) is 0 Å². The number of piperidine rings is 1. The third-order valence-electron chi connectivity index (χ3n) is 4.63. The lowest BCUT2D eigenvalue weighted by atomic mass is 10.0. The summed E-state index contributed by atoms with van der Waals surface area (Å²) in [6, 6.07) is 6.61. The summed E-state index contributed by atoms with van der Waals surface area (Å²) in [5.41, 5.74) is 1.17. The Balaban J connectivity index is 0.00000176. The highest BCUT2D eigenvalue weighted by Gasteiger charge is 2.24. The molecule has 1 aliphatic heterocycles. The fraction of sp³-hybridized carbons (Fsp3) is 0.647. The molecule has 22 heavy (non-hydrogen) atoms. The molecule has 124 valence electrons. The van der Waals surface area contributed by atoms with Gasteiger partial charge in [-0.15, -0.1) is 12.4 Å². The zero-order valence-corrected chi connectivity index (χ0v) is 14.8. The van der Waals surface area contributed by atoms with Crippen LogP contribution in [0.3, 0.4) is 0 Å². The number of nitrogens with zero attached hydrogens (tertiary/aromatic N) is 1. The molecule has 0 unspecified atom stereocenters. The number of halogens is 2. The molecule has 5 heteroatoms. The van der Waals surface area contributed by atoms with E-state index in [0.717, 1.165) is 36.3 Å². The fourth-order valence-corrected chi connectivity index (χ4v) is 3.17. The van der Waals surface area contributed by atoms with Gasteiger partial charge in [0.1, 0.15) is 5.75 Å². The Hall–Kier alpha value is -0.480. The summed E-state index contributed by atoms with van der Waals surface area (Å²) >= 11 is 6.30. The van der Waals surface area contributed by atoms with Crippen LogP contribution < -0.4 is 10.1 Å². The van der Waals surface area contributed by atoms with Crippen molar-refractivity contribution < 1.29 is 4.74 Å². The summed E-state index contributed by atoms with van der Waals surface area (Å²) in [5, 5.41) is 4.56. The van der Waals surface area contributed by atoms with Crippen LogP contribution in [0.4, 0.5) is 0 Å². The summed E-state index contributed by atoms with van der Waals surface area (Å²) in [4.78, 5) is 2.50. The first-order valence-electron chi connectivity index (χ1n) is 8.03. The molecule has 0 atom stereocenters. The van der Waals surface area contributed by atoms with Crippen LogP contribution in [0.2, 0.25) is 5.02 Å². The zero-order valence-electron chi connectivity index (χ0n) is 13.2. The van der Waals surface area contributed by atoms with E-state index in [0.29, 0.717) is 6.04 Å². The van der Waals surface area contributed by atoms with Gasteiger partial charge in [0.2, 0.25) is 0 Å². The number of nitrogens with one attached hydrogen (secondary N) is 1. The Morgan fingerprint density at radius 3 is 2.59 bits per heavy atom. The third-order valence-corrected chi connectivity index (χ3v) is 5.00. The maximum atomic E-state index is 6.30. The Bertz CT molecular complexity index is 472. The molecule has 3 nitrogen and oxygen atoms in total. The van der Waals surface area contributed by atoms with Gasteiger partial charge in [-0.05, 0) is 75.0 Å². The van der Waals surface area contributed by atoms with Crippen molar-refractivity contribution in [2.24, 2.45) is 5.92 Å². The van der Waals surface area contributed by atoms with Crippen molar-refractivity contribution in [1.29, 1.82) is 0 Å². The number of likely N-dealkylation sites (tertiary alicyclic amines) is 1. The normalized spacial score (nSPS) is 19.7. The van der Waals surface area contributed by atoms with Crippen LogP contribution in [0.15, 0.2) is 18.2 Å². The molecule has 3 rings (SSSR count). The van der Waals surface area contributed by atoms with Crippen LogP contribution >= 0.6 is 24.0 Å². The summed E-state index contributed by atoms with van der Waals surface area (Å²) in [7, 11) is 1.70. The van der Waals surface area contributed by atoms with Crippen molar-refractivity contribution in [3.05, 3.63) is 28.8 Å². The van der Waals surface area contributed by atoms with E-state index < -0.39 is 0 Å². The summed E-state index contributed by atoms with van der Waals surface area (Å²) in [6.45, 7) is 4.45. The van der Waals surface area contributed by atoms with Gasteiger partial charge in [-0.2, -0.15) is 0 Å². The second kappa shape index (κ2) is 8.39. The predicted molar refractivity (Wildman–Crippen MR) is 94.3 cm³/mol. The number of hydrogen-bond donors (Lipinski definition) is 1. The number of benzene rings is 1. The van der Waals surface area contributed by atoms with Gasteiger partial charge in [0.25, 0.3) is 0 Å². The second-order valence-electron chi connectivity index (χ2n) is 6.36. The van der Waals surface area contributed by atoms with Crippen LogP contribution in [0.25, 0.3) is 0 Å². The van der Waals surface area contributed by atoms with Crippen molar-refractivity contribution in [3.63, 3.8) is 0 Å². The van der Waals surface area contributed by atoms with E-state index >= 15 is 0 Å². The Morgan fingerprint density at radius 2 is 1.95 bits per heavy atom. The summed E-state index contributed by atoms with van der Waals surface area (Å²) < 4.78 is 5.29. The predicted octanol–water partition coefficient (Wildman–Crippen LogP) is 3.73. The average Bonchev–Trinajstić information content (AvgIpc) is 3.33. The van der Waals surface area contributed by atoms with Crippen LogP contribution in [0.5, 0.6) is 5.75 Å². The third kappa shape index (κ3) is 5.02. The Labute approximate surface area is 144 Å². The average molecular weight is 345 g/mol. The minimum atomic E-state index is 0. The molecule has 0 amide bonds. The first-order chi connectivity index (χ1) is 10.2. The largest absolute Gasteiger partial charge is 0.497 e. The zero-order chi connectivity index (χ0) is 14.7. The van der Waals surface area contributed by atoms with Gasteiger partial charge >= 0.3 is 0 Å². The van der Waals surface area contributed by atoms with Gasteiger partial charge in [0.15, 0.2) is 0 Å². The molecule has 1 N–H and O–H groups in total. The first kappa shape index (κ1) is 17.9. The molecule has 0 aromatic heterocycles. The molecule has 1 saturated heterocycles. The number of rotatable bonds is 6. The maximum Gasteiger partial charge on any atom is 0.119 e. The van der Waals surface area contributed by atoms with Crippen LogP contribution in [-0.2, 0) is 6.54 Å². The first-order valence-corrected chi connectivity index (χ1v) is 8.40. The van der Waals surface area contributed by atoms with Gasteiger partial charge in [0.05, 0.1) is 7.11 Å². The molecule has 0 bridgehead atoms. The number of ether oxygens (including phenoxy) is 1. The molecular formula is C17H26Cl2N2O. The fourth-order valence-electron chi connectivity index (χ4n) is 2.99. The van der Waals surface area contributed by atoms with E-state index in [1.165, 1.54) is 37.8 Å². The van der Waals surface area contributed by atoms with Crippen molar-refractivity contribution in [3.8, 4) is 5.75 Å². The summed E-state index contributed by atoms with van der Waals surface area (Å²) in [5.74, 6) is 1.86. The maximum absolute atomic E-state index is 6.30. The standard InChI is InChI=1S/C17H25ClN2O.ClH/c1-21-16-4-5-17(18)14(10-16)12-20-8-6-15(7-9-20)19-11-13-2-3-13;/h4-5,10,13,15,19H,2-3,6-9,11-12H2,1H3;1H. The molecule has 1 heterocycles. The monoisotopic (exact) mass is 344 g/mol. The van der Waals surface area contributed by atoms with E-state index in [4.69, 9.17) is 16.3 Å². The molecule has 2 fully saturated rings. The van der Waals surface area contributed by atoms with Gasteiger partial charge in [0, 0.05) is 17.6 Å². The molecular weight excluding hydrogens is 319 g/mol. The minimum Gasteiger partial charge on any atom is -0.497 e. The van der Waals surface area contributed by atoms with Crippen LogP contribution in [0.1, 0.15) is 31.2 Å². The second-order valence-corrected chi connectivity index (χ2v) is 6.77. The van der Waals surface area contributed by atoms with Gasteiger partial charge in [-0.1, -0.05) is 11.6 Å². The molecule has 1 saturated carbocycles. The van der Waals surface area contributed by atoms with E-state index in [1.54, 1.807) is 7.11 Å². The lowest BCUT2D eigenvalue weighted by molar-refractivity contribution is 0.190. The van der Waals surface area contributed by atoms with Crippen molar-refractivity contribution in [2.45, 2.75) is 38.3 Å². The lowest BCUT2D eigenvalue weighted by Crippen LogP contribution is -2.42. The lowest BCUT2D eigenvalue weighted by Gasteiger charge is -2.32. The topological polar surface area (TPSA) is 24.5 Å². The van der Waals surface area contributed by atoms with Gasteiger partial charge in [-0.25, -0.2) is 0 Å². The smallest absolute Gasteiger partial charge is 0.119 e. The van der Waals surface area contributed by atoms with E-state index in [1.807, 2.05) is 12.1 Å². The van der Waals surface area contributed by atoms with Crippen LogP contribution in [0, 0.1) is 5.92 Å². The molecule has 1 aliphatic carbocycles. The molecule has 1 aromatic carbocycles. The van der Waals surface area contributed by atoms with E-state index in [2.05, 4.69) is 16.3 Å². The van der Waals surface area contributed by atoms with Gasteiger partial charge < -0.3 is 10.1 Å². The molecule has 2 aliphatic rings. The molecule has 0 spiro atoms. The van der Waals surface area contributed by atoms with E-state index in [-0.39, 0.29) is 12.4 Å². The van der Waals surface area contributed by atoms with Crippen LogP contribution in [-0.4, -0.2) is 37.7 Å². The quantitative estimate of drug-likeness (QED) is 0.850. The number of methoxy groups -OCH3 is 1. The Kier molecular flexibility index (Phi) is 6.82. The molecule has 1 aromatic rings. The van der Waals surface area contributed by atoms with Crippen molar-refractivity contribution in [2.75, 3.05) is 26.7 Å². The Morgan fingerprint density at radius 1 is 1.23 bits per heavy atom. The van der Waals surface area contributed by atoms with Crippen molar-refractivity contribution in [1.82, 2.24) is 10.2 Å². The molecule has 0 radical (unpaired) electrons. The minimum absolute atomic E-state index is 0. The highest BCUT2D eigenvalue weighted by Crippen LogP contribution is 2.28.